The van der Waals surface area contributed by atoms with Crippen molar-refractivity contribution in [1.29, 1.82) is 0 Å². The van der Waals surface area contributed by atoms with E-state index in [1.54, 1.807) is 17.8 Å². The summed E-state index contributed by atoms with van der Waals surface area (Å²) in [7, 11) is 0. The number of esters is 1. The largest absolute Gasteiger partial charge is 0.451 e. The Morgan fingerprint density at radius 3 is 2.50 bits per heavy atom. The van der Waals surface area contributed by atoms with E-state index in [-0.39, 0.29) is 5.78 Å². The Morgan fingerprint density at radius 2 is 1.77 bits per heavy atom. The van der Waals surface area contributed by atoms with Crippen molar-refractivity contribution < 1.29 is 14.3 Å². The highest BCUT2D eigenvalue weighted by molar-refractivity contribution is 6.02. The SMILES string of the molecule is Cc1cc(C)c(C(=O)[C@H](C)OC(=O)/C=C/c2cn(Cc3ccccc3)nn2)cc1C. The molecular weight excluding hydrogens is 378 g/mol. The molecule has 1 heterocycles. The van der Waals surface area contributed by atoms with E-state index < -0.39 is 12.1 Å². The van der Waals surface area contributed by atoms with Gasteiger partial charge >= 0.3 is 5.97 Å². The van der Waals surface area contributed by atoms with Gasteiger partial charge in [-0.3, -0.25) is 4.79 Å². The zero-order valence-corrected chi connectivity index (χ0v) is 17.6. The number of ketones is 1. The van der Waals surface area contributed by atoms with Gasteiger partial charge in [-0.05, 0) is 62.1 Å². The molecule has 0 spiro atoms. The number of benzene rings is 2. The zero-order chi connectivity index (χ0) is 21.7. The molecule has 0 radical (unpaired) electrons. The fraction of sp³-hybridized carbons (Fsp3) is 0.250. The van der Waals surface area contributed by atoms with Crippen LogP contribution in [0.5, 0.6) is 0 Å². The van der Waals surface area contributed by atoms with Crippen LogP contribution < -0.4 is 0 Å². The summed E-state index contributed by atoms with van der Waals surface area (Å²) in [5, 5.41) is 8.08. The van der Waals surface area contributed by atoms with Crippen molar-refractivity contribution >= 4 is 17.8 Å². The minimum Gasteiger partial charge on any atom is -0.451 e. The summed E-state index contributed by atoms with van der Waals surface area (Å²) in [5.74, 6) is -0.818. The van der Waals surface area contributed by atoms with Crippen LogP contribution in [-0.4, -0.2) is 32.9 Å². The second-order valence-corrected chi connectivity index (χ2v) is 7.35. The molecule has 154 valence electrons. The Labute approximate surface area is 176 Å². The van der Waals surface area contributed by atoms with Crippen LogP contribution in [0.4, 0.5) is 0 Å². The lowest BCUT2D eigenvalue weighted by molar-refractivity contribution is -0.140. The Kier molecular flexibility index (Phi) is 6.57. The van der Waals surface area contributed by atoms with Crippen molar-refractivity contribution in [1.82, 2.24) is 15.0 Å². The third-order valence-corrected chi connectivity index (χ3v) is 4.90. The third kappa shape index (κ3) is 5.29. The zero-order valence-electron chi connectivity index (χ0n) is 17.6. The van der Waals surface area contributed by atoms with Crippen LogP contribution in [-0.2, 0) is 16.1 Å². The normalized spacial score (nSPS) is 12.1. The van der Waals surface area contributed by atoms with Crippen LogP contribution in [0, 0.1) is 20.8 Å². The molecule has 6 heteroatoms. The summed E-state index contributed by atoms with van der Waals surface area (Å²) in [6.45, 7) is 8.01. The second-order valence-electron chi connectivity index (χ2n) is 7.35. The molecule has 1 atom stereocenters. The van der Waals surface area contributed by atoms with Crippen molar-refractivity contribution in [2.24, 2.45) is 0 Å². The van der Waals surface area contributed by atoms with Crippen LogP contribution >= 0.6 is 0 Å². The Morgan fingerprint density at radius 1 is 1.07 bits per heavy atom. The van der Waals surface area contributed by atoms with Gasteiger partial charge in [-0.25, -0.2) is 9.48 Å². The van der Waals surface area contributed by atoms with Gasteiger partial charge in [0.05, 0.1) is 12.7 Å². The van der Waals surface area contributed by atoms with Crippen LogP contribution in [0.3, 0.4) is 0 Å². The number of carbonyl (C=O) groups excluding carboxylic acids is 2. The van der Waals surface area contributed by atoms with Crippen LogP contribution in [0.15, 0.2) is 54.7 Å². The van der Waals surface area contributed by atoms with Gasteiger partial charge in [0.1, 0.15) is 5.69 Å². The first kappa shape index (κ1) is 21.2. The van der Waals surface area contributed by atoms with E-state index in [0.29, 0.717) is 17.8 Å². The van der Waals surface area contributed by atoms with Crippen molar-refractivity contribution in [3.8, 4) is 0 Å². The standard InChI is InChI=1S/C24H25N3O3/c1-16-12-18(3)22(13-17(16)2)24(29)19(4)30-23(28)11-10-21-15-27(26-25-21)14-20-8-6-5-7-9-20/h5-13,15,19H,14H2,1-4H3/b11-10+/t19-/m0/s1. The van der Waals surface area contributed by atoms with E-state index >= 15 is 0 Å². The molecule has 0 aliphatic carbocycles. The number of aryl methyl sites for hydroxylation is 3. The fourth-order valence-corrected chi connectivity index (χ4v) is 3.10. The van der Waals surface area contributed by atoms with Crippen molar-refractivity contribution in [2.45, 2.75) is 40.3 Å². The lowest BCUT2D eigenvalue weighted by atomic mass is 9.96. The maximum atomic E-state index is 12.7. The summed E-state index contributed by atoms with van der Waals surface area (Å²) in [4.78, 5) is 24.8. The average molecular weight is 403 g/mol. The first-order chi connectivity index (χ1) is 14.3. The summed E-state index contributed by atoms with van der Waals surface area (Å²) in [5.41, 5.74) is 5.24. The maximum Gasteiger partial charge on any atom is 0.331 e. The van der Waals surface area contributed by atoms with Gasteiger partial charge in [0, 0.05) is 11.6 Å². The predicted octanol–water partition coefficient (Wildman–Crippen LogP) is 4.08. The molecule has 3 aromatic rings. The van der Waals surface area contributed by atoms with Gasteiger partial charge < -0.3 is 4.74 Å². The van der Waals surface area contributed by atoms with Gasteiger partial charge in [-0.15, -0.1) is 5.10 Å². The molecule has 0 aliphatic rings. The predicted molar refractivity (Wildman–Crippen MR) is 115 cm³/mol. The lowest BCUT2D eigenvalue weighted by Gasteiger charge is -2.14. The highest BCUT2D eigenvalue weighted by atomic mass is 16.5. The maximum absolute atomic E-state index is 12.7. The first-order valence-corrected chi connectivity index (χ1v) is 9.78. The Hall–Kier alpha value is -3.54. The molecule has 0 amide bonds. The van der Waals surface area contributed by atoms with E-state index in [9.17, 15) is 9.59 Å². The molecule has 6 nitrogen and oxygen atoms in total. The molecule has 0 aliphatic heterocycles. The van der Waals surface area contributed by atoms with Gasteiger partial charge in [-0.1, -0.05) is 41.6 Å². The molecule has 0 unspecified atom stereocenters. The number of hydrogen-bond donors (Lipinski definition) is 0. The highest BCUT2D eigenvalue weighted by Gasteiger charge is 2.20. The van der Waals surface area contributed by atoms with Crippen LogP contribution in [0.2, 0.25) is 0 Å². The molecule has 0 saturated carbocycles. The average Bonchev–Trinajstić information content (AvgIpc) is 3.16. The topological polar surface area (TPSA) is 74.1 Å². The van der Waals surface area contributed by atoms with Gasteiger partial charge in [0.2, 0.25) is 5.78 Å². The molecule has 2 aromatic carbocycles. The number of hydrogen-bond acceptors (Lipinski definition) is 5. The fourth-order valence-electron chi connectivity index (χ4n) is 3.10. The van der Waals surface area contributed by atoms with E-state index in [2.05, 4.69) is 10.3 Å². The molecule has 0 N–H and O–H groups in total. The molecule has 3 rings (SSSR count). The van der Waals surface area contributed by atoms with Crippen LogP contribution in [0.25, 0.3) is 6.08 Å². The molecule has 0 fully saturated rings. The minimum absolute atomic E-state index is 0.217. The van der Waals surface area contributed by atoms with Crippen molar-refractivity contribution in [2.75, 3.05) is 0 Å². The molecular formula is C24H25N3O3. The Balaban J connectivity index is 1.59. The number of nitrogens with zero attached hydrogens (tertiary/aromatic N) is 3. The van der Waals surface area contributed by atoms with Gasteiger partial charge in [0.25, 0.3) is 0 Å². The number of carbonyl (C=O) groups is 2. The van der Waals surface area contributed by atoms with Crippen LogP contribution in [0.1, 0.15) is 45.2 Å². The Bertz CT molecular complexity index is 1080. The number of Topliss-reactive ketones (excluding diaryl/α,β-unsaturated/α-hetero) is 1. The summed E-state index contributed by atoms with van der Waals surface area (Å²) >= 11 is 0. The van der Waals surface area contributed by atoms with E-state index in [1.165, 1.54) is 12.2 Å². The van der Waals surface area contributed by atoms with E-state index in [4.69, 9.17) is 4.74 Å². The quantitative estimate of drug-likeness (QED) is 0.338. The second kappa shape index (κ2) is 9.31. The van der Waals surface area contributed by atoms with Gasteiger partial charge in [-0.2, -0.15) is 0 Å². The molecule has 0 bridgehead atoms. The van der Waals surface area contributed by atoms with E-state index in [1.807, 2.05) is 63.2 Å². The summed E-state index contributed by atoms with van der Waals surface area (Å²) in [6.07, 6.45) is 3.64. The molecule has 30 heavy (non-hydrogen) atoms. The summed E-state index contributed by atoms with van der Waals surface area (Å²) < 4.78 is 6.98. The molecule has 0 saturated heterocycles. The summed E-state index contributed by atoms with van der Waals surface area (Å²) in [6, 6.07) is 13.7. The number of ether oxygens (including phenoxy) is 1. The van der Waals surface area contributed by atoms with Crippen molar-refractivity contribution in [3.05, 3.63) is 88.2 Å². The number of aromatic nitrogens is 3. The van der Waals surface area contributed by atoms with E-state index in [0.717, 1.165) is 22.3 Å². The van der Waals surface area contributed by atoms with Crippen molar-refractivity contribution in [3.63, 3.8) is 0 Å². The number of rotatable bonds is 7. The smallest absolute Gasteiger partial charge is 0.331 e. The lowest BCUT2D eigenvalue weighted by Crippen LogP contribution is -2.24. The molecule has 1 aromatic heterocycles. The minimum atomic E-state index is -0.878. The van der Waals surface area contributed by atoms with Gasteiger partial charge in [0.15, 0.2) is 6.10 Å². The first-order valence-electron chi connectivity index (χ1n) is 9.78. The third-order valence-electron chi connectivity index (χ3n) is 4.90. The monoisotopic (exact) mass is 403 g/mol. The highest BCUT2D eigenvalue weighted by Crippen LogP contribution is 2.18.